The van der Waals surface area contributed by atoms with Crippen LogP contribution in [-0.2, 0) is 11.2 Å². The van der Waals surface area contributed by atoms with Crippen LogP contribution in [0.1, 0.15) is 67.1 Å². The van der Waals surface area contributed by atoms with Crippen LogP contribution in [0.4, 0.5) is 11.4 Å². The van der Waals surface area contributed by atoms with Crippen molar-refractivity contribution in [1.82, 2.24) is 4.90 Å². The molecule has 1 saturated heterocycles. The van der Waals surface area contributed by atoms with Crippen LogP contribution in [0.5, 0.6) is 0 Å². The molecule has 2 N–H and O–H groups in total. The van der Waals surface area contributed by atoms with E-state index in [9.17, 15) is 9.59 Å². The van der Waals surface area contributed by atoms with Crippen molar-refractivity contribution in [3.05, 3.63) is 107 Å². The SMILES string of the molecule is CCCCCc1ccc(C(=O)Nc2cccc(C3C(C(=O)Nc4ccccc4)=C(C)N=C4SCCCN43)c2)cc1. The standard InChI is InChI=1S/C33H36N4O2S/c1-3-4-6-11-24-16-18-25(19-17-24)31(38)36-28-15-9-12-26(22-28)30-29(32(39)35-27-13-7-5-8-14-27)23(2)34-33-37(30)20-10-21-40-33/h5,7-9,12-19,22,30H,3-4,6,10-11,20-21H2,1-2H3,(H,35,39)(H,36,38). The van der Waals surface area contributed by atoms with Crippen molar-refractivity contribution in [2.75, 3.05) is 22.9 Å². The van der Waals surface area contributed by atoms with Crippen LogP contribution in [0.2, 0.25) is 0 Å². The molecule has 6 nitrogen and oxygen atoms in total. The second kappa shape index (κ2) is 13.0. The fourth-order valence-corrected chi connectivity index (χ4v) is 6.24. The molecule has 2 aliphatic rings. The number of hydrogen-bond acceptors (Lipinski definition) is 5. The number of allylic oxidation sites excluding steroid dienone is 1. The molecule has 0 bridgehead atoms. The first-order valence-corrected chi connectivity index (χ1v) is 15.1. The van der Waals surface area contributed by atoms with Crippen molar-refractivity contribution in [2.24, 2.45) is 4.99 Å². The highest BCUT2D eigenvalue weighted by Gasteiger charge is 2.37. The van der Waals surface area contributed by atoms with E-state index < -0.39 is 0 Å². The van der Waals surface area contributed by atoms with Crippen LogP contribution in [0, 0.1) is 0 Å². The number of anilines is 2. The Labute approximate surface area is 241 Å². The van der Waals surface area contributed by atoms with Gasteiger partial charge in [-0.25, -0.2) is 4.99 Å². The third kappa shape index (κ3) is 6.48. The van der Waals surface area contributed by atoms with Crippen LogP contribution in [0.15, 0.2) is 95.1 Å². The number of unbranched alkanes of at least 4 members (excludes halogenated alkanes) is 2. The summed E-state index contributed by atoms with van der Waals surface area (Å²) >= 11 is 1.73. The van der Waals surface area contributed by atoms with Gasteiger partial charge in [0.15, 0.2) is 5.17 Å². The van der Waals surface area contributed by atoms with Gasteiger partial charge in [0.05, 0.1) is 17.3 Å². The maximum Gasteiger partial charge on any atom is 0.255 e. The van der Waals surface area contributed by atoms with Gasteiger partial charge in [-0.3, -0.25) is 9.59 Å². The average Bonchev–Trinajstić information content (AvgIpc) is 2.97. The summed E-state index contributed by atoms with van der Waals surface area (Å²) in [6.07, 6.45) is 5.62. The predicted octanol–water partition coefficient (Wildman–Crippen LogP) is 7.43. The van der Waals surface area contributed by atoms with E-state index in [0.29, 0.717) is 22.5 Å². The van der Waals surface area contributed by atoms with Crippen molar-refractivity contribution in [1.29, 1.82) is 0 Å². The summed E-state index contributed by atoms with van der Waals surface area (Å²) in [5.74, 6) is 0.694. The second-order valence-corrected chi connectivity index (χ2v) is 11.3. The summed E-state index contributed by atoms with van der Waals surface area (Å²) in [4.78, 5) is 33.8. The molecule has 0 aromatic heterocycles. The van der Waals surface area contributed by atoms with E-state index in [0.717, 1.165) is 48.0 Å². The molecule has 1 atom stereocenters. The minimum Gasteiger partial charge on any atom is -0.340 e. The summed E-state index contributed by atoms with van der Waals surface area (Å²) < 4.78 is 0. The van der Waals surface area contributed by atoms with Gasteiger partial charge in [0.25, 0.3) is 11.8 Å². The monoisotopic (exact) mass is 552 g/mol. The van der Waals surface area contributed by atoms with Gasteiger partial charge in [0.1, 0.15) is 0 Å². The Bertz CT molecular complexity index is 1420. The predicted molar refractivity (Wildman–Crippen MR) is 166 cm³/mol. The summed E-state index contributed by atoms with van der Waals surface area (Å²) in [7, 11) is 0. The largest absolute Gasteiger partial charge is 0.340 e. The van der Waals surface area contributed by atoms with Gasteiger partial charge < -0.3 is 15.5 Å². The van der Waals surface area contributed by atoms with Gasteiger partial charge in [-0.15, -0.1) is 0 Å². The molecule has 206 valence electrons. The Morgan fingerprint density at radius 1 is 0.925 bits per heavy atom. The Kier molecular flexibility index (Phi) is 9.01. The lowest BCUT2D eigenvalue weighted by Crippen LogP contribution is -2.43. The van der Waals surface area contributed by atoms with Crippen LogP contribution in [0.3, 0.4) is 0 Å². The van der Waals surface area contributed by atoms with Crippen LogP contribution in [-0.4, -0.2) is 34.2 Å². The third-order valence-corrected chi connectivity index (χ3v) is 8.36. The number of hydrogen-bond donors (Lipinski definition) is 2. The molecular formula is C33H36N4O2S. The molecule has 0 aliphatic carbocycles. The van der Waals surface area contributed by atoms with Crippen molar-refractivity contribution >= 4 is 40.1 Å². The second-order valence-electron chi connectivity index (χ2n) is 10.2. The molecule has 3 aromatic rings. The molecule has 1 unspecified atom stereocenters. The maximum absolute atomic E-state index is 13.7. The lowest BCUT2D eigenvalue weighted by Gasteiger charge is -2.41. The van der Waals surface area contributed by atoms with E-state index in [1.54, 1.807) is 11.8 Å². The summed E-state index contributed by atoms with van der Waals surface area (Å²) in [6.45, 7) is 4.92. The van der Waals surface area contributed by atoms with Gasteiger partial charge >= 0.3 is 0 Å². The molecular weight excluding hydrogens is 516 g/mol. The number of para-hydroxylation sites is 1. The molecule has 2 amide bonds. The molecule has 2 aliphatic heterocycles. The topological polar surface area (TPSA) is 73.8 Å². The van der Waals surface area contributed by atoms with E-state index in [-0.39, 0.29) is 17.9 Å². The molecule has 0 radical (unpaired) electrons. The smallest absolute Gasteiger partial charge is 0.255 e. The quantitative estimate of drug-likeness (QED) is 0.271. The van der Waals surface area contributed by atoms with Crippen LogP contribution >= 0.6 is 11.8 Å². The molecule has 40 heavy (non-hydrogen) atoms. The number of nitrogens with one attached hydrogen (secondary N) is 2. The number of aliphatic imine (C=N–C) groups is 1. The number of rotatable bonds is 9. The van der Waals surface area contributed by atoms with Gasteiger partial charge in [-0.2, -0.15) is 0 Å². The number of amides is 2. The molecule has 3 aromatic carbocycles. The zero-order valence-electron chi connectivity index (χ0n) is 23.2. The summed E-state index contributed by atoms with van der Waals surface area (Å²) in [5, 5.41) is 7.07. The minimum absolute atomic E-state index is 0.148. The Morgan fingerprint density at radius 2 is 1.68 bits per heavy atom. The van der Waals surface area contributed by atoms with Gasteiger partial charge in [-0.05, 0) is 73.7 Å². The number of aryl methyl sites for hydroxylation is 1. The van der Waals surface area contributed by atoms with Crippen molar-refractivity contribution < 1.29 is 9.59 Å². The molecule has 1 fully saturated rings. The molecule has 7 heteroatoms. The lowest BCUT2D eigenvalue weighted by atomic mass is 9.93. The highest BCUT2D eigenvalue weighted by Crippen LogP contribution is 2.40. The van der Waals surface area contributed by atoms with Crippen molar-refractivity contribution in [3.8, 4) is 0 Å². The number of amidine groups is 1. The highest BCUT2D eigenvalue weighted by molar-refractivity contribution is 8.13. The van der Waals surface area contributed by atoms with Gasteiger partial charge in [0.2, 0.25) is 0 Å². The number of thioether (sulfide) groups is 1. The Hall–Kier alpha value is -3.84. The number of nitrogens with zero attached hydrogens (tertiary/aromatic N) is 2. The first-order chi connectivity index (χ1) is 19.5. The number of fused-ring (bicyclic) bond motifs is 1. The summed E-state index contributed by atoms with van der Waals surface area (Å²) in [6, 6.07) is 24.9. The number of carbonyl (C=O) groups is 2. The zero-order valence-corrected chi connectivity index (χ0v) is 24.0. The van der Waals surface area contributed by atoms with E-state index in [1.165, 1.54) is 18.4 Å². The normalized spacial score (nSPS) is 16.7. The minimum atomic E-state index is -0.303. The van der Waals surface area contributed by atoms with E-state index >= 15 is 0 Å². The number of benzene rings is 3. The van der Waals surface area contributed by atoms with Crippen LogP contribution in [0.25, 0.3) is 0 Å². The van der Waals surface area contributed by atoms with Gasteiger partial charge in [-0.1, -0.05) is 74.0 Å². The third-order valence-electron chi connectivity index (χ3n) is 7.28. The molecule has 0 saturated carbocycles. The van der Waals surface area contributed by atoms with Gasteiger partial charge in [0, 0.05) is 29.2 Å². The highest BCUT2D eigenvalue weighted by atomic mass is 32.2. The van der Waals surface area contributed by atoms with E-state index in [2.05, 4.69) is 22.5 Å². The average molecular weight is 553 g/mol. The molecule has 0 spiro atoms. The Morgan fingerprint density at radius 3 is 2.45 bits per heavy atom. The van der Waals surface area contributed by atoms with Crippen molar-refractivity contribution in [2.45, 2.75) is 52.0 Å². The fourth-order valence-electron chi connectivity index (χ4n) is 5.22. The summed E-state index contributed by atoms with van der Waals surface area (Å²) in [5.41, 5.74) is 5.60. The fraction of sp³-hybridized carbons (Fsp3) is 0.303. The van der Waals surface area contributed by atoms with E-state index in [1.807, 2.05) is 85.8 Å². The van der Waals surface area contributed by atoms with E-state index in [4.69, 9.17) is 4.99 Å². The molecule has 5 rings (SSSR count). The first-order valence-electron chi connectivity index (χ1n) is 14.1. The molecule has 2 heterocycles. The Balaban J connectivity index is 1.39. The first kappa shape index (κ1) is 27.7. The number of carbonyl (C=O) groups excluding carboxylic acids is 2. The lowest BCUT2D eigenvalue weighted by molar-refractivity contribution is -0.113. The van der Waals surface area contributed by atoms with Crippen LogP contribution < -0.4 is 10.6 Å². The maximum atomic E-state index is 13.7. The van der Waals surface area contributed by atoms with Crippen molar-refractivity contribution in [3.63, 3.8) is 0 Å². The zero-order chi connectivity index (χ0) is 27.9.